The number of unbranched alkanes of at least 4 members (excludes halogenated alkanes) is 43. The second-order valence-electron chi connectivity index (χ2n) is 24.1. The van der Waals surface area contributed by atoms with Gasteiger partial charge in [-0.15, -0.1) is 0 Å². The molecule has 0 aromatic rings. The summed E-state index contributed by atoms with van der Waals surface area (Å²) in [5.74, 6) is -0.865. The van der Waals surface area contributed by atoms with Gasteiger partial charge in [-0.2, -0.15) is 0 Å². The Balaban J connectivity index is 4.22. The molecule has 1 atom stereocenters. The lowest BCUT2D eigenvalue weighted by molar-refractivity contribution is -0.167. The van der Waals surface area contributed by atoms with E-state index in [9.17, 15) is 14.4 Å². The Bertz CT molecular complexity index is 1500. The van der Waals surface area contributed by atoms with Gasteiger partial charge in [0, 0.05) is 19.3 Å². The van der Waals surface area contributed by atoms with Crippen LogP contribution in [0.4, 0.5) is 0 Å². The number of rotatable bonds is 66. The van der Waals surface area contributed by atoms with Crippen molar-refractivity contribution in [2.45, 2.75) is 380 Å². The van der Waals surface area contributed by atoms with Gasteiger partial charge in [-0.25, -0.2) is 0 Å². The minimum atomic E-state index is -0.779. The maximum Gasteiger partial charge on any atom is 0.306 e. The molecule has 0 aliphatic carbocycles. The topological polar surface area (TPSA) is 78.9 Å². The van der Waals surface area contributed by atoms with Crippen LogP contribution in [0.2, 0.25) is 0 Å². The predicted molar refractivity (Wildman–Crippen MR) is 358 cm³/mol. The molecule has 0 aromatic heterocycles. The van der Waals surface area contributed by atoms with E-state index in [1.807, 2.05) is 0 Å². The Morgan fingerprint density at radius 1 is 0.256 bits per heavy atom. The fraction of sp³-hybridized carbons (Fsp3) is 0.803. The summed E-state index contributed by atoms with van der Waals surface area (Å²) in [5, 5.41) is 0. The maximum absolute atomic E-state index is 13.0. The Labute approximate surface area is 510 Å². The average molecular weight is 1150 g/mol. The van der Waals surface area contributed by atoms with Crippen molar-refractivity contribution >= 4 is 17.9 Å². The average Bonchev–Trinajstić information content (AvgIpc) is 3.47. The molecule has 0 aliphatic rings. The molecule has 0 N–H and O–H groups in total. The normalized spacial score (nSPS) is 12.5. The molecule has 82 heavy (non-hydrogen) atoms. The Kier molecular flexibility index (Phi) is 67.6. The lowest BCUT2D eigenvalue weighted by atomic mass is 10.0. The number of carbonyl (C=O) groups excluding carboxylic acids is 3. The lowest BCUT2D eigenvalue weighted by Gasteiger charge is -2.18. The lowest BCUT2D eigenvalue weighted by Crippen LogP contribution is -2.30. The SMILES string of the molecule is CC/C=C\C/C=C\C/C=C\C/C=C\C/C=C\CCCCCCCCCCCCCC(=O)OCC(COC(=O)CCCCCCC/C=C\CCCCC)OC(=O)CCCCCCCCCCCCCCCCCCCCCCCCCCC. The number of carbonyl (C=O) groups is 3. The van der Waals surface area contributed by atoms with E-state index < -0.39 is 6.10 Å². The van der Waals surface area contributed by atoms with Crippen LogP contribution in [-0.4, -0.2) is 37.2 Å². The van der Waals surface area contributed by atoms with Crippen molar-refractivity contribution in [1.29, 1.82) is 0 Å². The standard InChI is InChI=1S/C76H136O6/c1-4-7-10-13-16-19-22-25-27-29-31-33-35-37-38-40-41-43-45-47-49-51-54-57-60-63-66-69-75(78)81-72-73(71-80-74(77)68-65-62-59-56-53-24-21-18-15-12-9-6-3)82-76(79)70-67-64-61-58-55-52-50-48-46-44-42-39-36-34-32-30-28-26-23-20-17-14-11-8-5-2/h7,10,16,18-19,21,25,27,31,33,37-38,73H,4-6,8-9,11-15,17,20,22-24,26,28-30,32,34-36,39-72H2,1-3H3/b10-7-,19-16-,21-18-,27-25-,33-31-,38-37-. The summed E-state index contributed by atoms with van der Waals surface area (Å²) >= 11 is 0. The minimum absolute atomic E-state index is 0.0756. The number of allylic oxidation sites excluding steroid dienone is 12. The smallest absolute Gasteiger partial charge is 0.306 e. The highest BCUT2D eigenvalue weighted by atomic mass is 16.6. The van der Waals surface area contributed by atoms with Crippen LogP contribution >= 0.6 is 0 Å². The highest BCUT2D eigenvalue weighted by Crippen LogP contribution is 2.18. The van der Waals surface area contributed by atoms with E-state index in [2.05, 4.69) is 93.7 Å². The molecule has 6 nitrogen and oxygen atoms in total. The molecule has 0 heterocycles. The van der Waals surface area contributed by atoms with Crippen LogP contribution in [0.15, 0.2) is 72.9 Å². The maximum atomic E-state index is 13.0. The van der Waals surface area contributed by atoms with Crippen LogP contribution in [0, 0.1) is 0 Å². The molecule has 0 saturated carbocycles. The molecule has 0 aromatic carbocycles. The van der Waals surface area contributed by atoms with Gasteiger partial charge >= 0.3 is 17.9 Å². The van der Waals surface area contributed by atoms with Crippen molar-refractivity contribution in [3.8, 4) is 0 Å². The van der Waals surface area contributed by atoms with Crippen LogP contribution in [-0.2, 0) is 28.6 Å². The van der Waals surface area contributed by atoms with Gasteiger partial charge in [0.05, 0.1) is 0 Å². The van der Waals surface area contributed by atoms with Crippen molar-refractivity contribution in [2.24, 2.45) is 0 Å². The van der Waals surface area contributed by atoms with E-state index in [-0.39, 0.29) is 31.1 Å². The molecule has 6 heteroatoms. The third kappa shape index (κ3) is 67.6. The summed E-state index contributed by atoms with van der Waals surface area (Å²) in [5.41, 5.74) is 0. The molecule has 0 radical (unpaired) electrons. The van der Waals surface area contributed by atoms with E-state index in [4.69, 9.17) is 14.2 Å². The molecule has 0 fully saturated rings. The molecule has 0 spiro atoms. The first-order valence-electron chi connectivity index (χ1n) is 35.9. The summed E-state index contributed by atoms with van der Waals surface area (Å²) in [4.78, 5) is 38.4. The van der Waals surface area contributed by atoms with E-state index in [1.54, 1.807) is 0 Å². The van der Waals surface area contributed by atoms with Gasteiger partial charge in [-0.3, -0.25) is 14.4 Å². The van der Waals surface area contributed by atoms with Gasteiger partial charge in [0.15, 0.2) is 6.10 Å². The monoisotopic (exact) mass is 1150 g/mol. The van der Waals surface area contributed by atoms with E-state index in [0.29, 0.717) is 19.3 Å². The number of hydrogen-bond acceptors (Lipinski definition) is 6. The van der Waals surface area contributed by atoms with E-state index >= 15 is 0 Å². The van der Waals surface area contributed by atoms with E-state index in [1.165, 1.54) is 238 Å². The Morgan fingerprint density at radius 2 is 0.476 bits per heavy atom. The number of esters is 3. The van der Waals surface area contributed by atoms with Crippen molar-refractivity contribution in [3.63, 3.8) is 0 Å². The highest BCUT2D eigenvalue weighted by molar-refractivity contribution is 5.71. The van der Waals surface area contributed by atoms with Crippen LogP contribution in [0.25, 0.3) is 0 Å². The Hall–Kier alpha value is -3.15. The van der Waals surface area contributed by atoms with Gasteiger partial charge in [-0.1, -0.05) is 338 Å². The molecule has 0 aliphatic heterocycles. The molecule has 0 rings (SSSR count). The van der Waals surface area contributed by atoms with Crippen LogP contribution in [0.1, 0.15) is 374 Å². The molecular weight excluding hydrogens is 1010 g/mol. The molecular formula is C76H136O6. The number of ether oxygens (including phenoxy) is 3. The van der Waals surface area contributed by atoms with Gasteiger partial charge in [0.25, 0.3) is 0 Å². The molecule has 0 saturated heterocycles. The van der Waals surface area contributed by atoms with Crippen molar-refractivity contribution in [2.75, 3.05) is 13.2 Å². The fourth-order valence-electron chi connectivity index (χ4n) is 10.6. The third-order valence-electron chi connectivity index (χ3n) is 15.9. The van der Waals surface area contributed by atoms with E-state index in [0.717, 1.165) is 96.3 Å². The van der Waals surface area contributed by atoms with Crippen molar-refractivity contribution < 1.29 is 28.6 Å². The fourth-order valence-corrected chi connectivity index (χ4v) is 10.6. The minimum Gasteiger partial charge on any atom is -0.462 e. The zero-order valence-electron chi connectivity index (χ0n) is 54.8. The molecule has 1 unspecified atom stereocenters. The van der Waals surface area contributed by atoms with Crippen molar-refractivity contribution in [1.82, 2.24) is 0 Å². The van der Waals surface area contributed by atoms with Crippen LogP contribution in [0.5, 0.6) is 0 Å². The summed E-state index contributed by atoms with van der Waals surface area (Å²) in [7, 11) is 0. The molecule has 0 bridgehead atoms. The Morgan fingerprint density at radius 3 is 0.780 bits per heavy atom. The summed E-state index contributed by atoms with van der Waals surface area (Å²) in [6.45, 7) is 6.55. The zero-order valence-corrected chi connectivity index (χ0v) is 54.8. The first kappa shape index (κ1) is 78.8. The van der Waals surface area contributed by atoms with Gasteiger partial charge in [0.2, 0.25) is 0 Å². The molecule has 476 valence electrons. The first-order valence-corrected chi connectivity index (χ1v) is 35.9. The third-order valence-corrected chi connectivity index (χ3v) is 15.9. The van der Waals surface area contributed by atoms with Gasteiger partial charge in [-0.05, 0) is 89.9 Å². The summed E-state index contributed by atoms with van der Waals surface area (Å²) in [6, 6.07) is 0. The van der Waals surface area contributed by atoms with Crippen molar-refractivity contribution in [3.05, 3.63) is 72.9 Å². The predicted octanol–water partition coefficient (Wildman–Crippen LogP) is 24.8. The van der Waals surface area contributed by atoms with Gasteiger partial charge < -0.3 is 14.2 Å². The largest absolute Gasteiger partial charge is 0.462 e. The quantitative estimate of drug-likeness (QED) is 0.0261. The number of hydrogen-bond donors (Lipinski definition) is 0. The second kappa shape index (κ2) is 70.3. The van der Waals surface area contributed by atoms with Crippen LogP contribution < -0.4 is 0 Å². The van der Waals surface area contributed by atoms with Crippen LogP contribution in [0.3, 0.4) is 0 Å². The highest BCUT2D eigenvalue weighted by Gasteiger charge is 2.19. The summed E-state index contributed by atoms with van der Waals surface area (Å²) in [6.07, 6.45) is 92.2. The first-order chi connectivity index (χ1) is 40.5. The second-order valence-corrected chi connectivity index (χ2v) is 24.1. The zero-order chi connectivity index (χ0) is 59.2. The summed E-state index contributed by atoms with van der Waals surface area (Å²) < 4.78 is 17.0. The van der Waals surface area contributed by atoms with Gasteiger partial charge in [0.1, 0.15) is 13.2 Å². The molecule has 0 amide bonds.